The van der Waals surface area contributed by atoms with Gasteiger partial charge in [-0.25, -0.2) is 4.79 Å². The van der Waals surface area contributed by atoms with E-state index in [1.807, 2.05) is 58.0 Å². The van der Waals surface area contributed by atoms with Crippen LogP contribution in [0.1, 0.15) is 31.9 Å². The molecule has 1 aromatic heterocycles. The maximum Gasteiger partial charge on any atom is 0.336 e. The van der Waals surface area contributed by atoms with E-state index in [0.29, 0.717) is 22.9 Å². The van der Waals surface area contributed by atoms with Gasteiger partial charge in [0.25, 0.3) is 5.91 Å². The van der Waals surface area contributed by atoms with E-state index in [-0.39, 0.29) is 18.1 Å². The third-order valence-electron chi connectivity index (χ3n) is 4.65. The van der Waals surface area contributed by atoms with E-state index in [0.717, 1.165) is 16.5 Å². The summed E-state index contributed by atoms with van der Waals surface area (Å²) in [4.78, 5) is 26.3. The topological polar surface area (TPSA) is 59.8 Å². The summed E-state index contributed by atoms with van der Waals surface area (Å²) in [5.41, 5.74) is 1.35. The van der Waals surface area contributed by atoms with Crippen molar-refractivity contribution in [3.63, 3.8) is 0 Å². The number of ether oxygens (including phenoxy) is 1. The molecule has 1 heterocycles. The van der Waals surface area contributed by atoms with Crippen molar-refractivity contribution in [2.45, 2.75) is 39.8 Å². The van der Waals surface area contributed by atoms with E-state index in [4.69, 9.17) is 20.8 Å². The number of carbonyl (C=O) groups excluding carboxylic acids is 1. The molecule has 6 heteroatoms. The van der Waals surface area contributed by atoms with Gasteiger partial charge in [0.1, 0.15) is 11.3 Å². The molecule has 0 saturated carbocycles. The SMILES string of the molecule is Cc1cc(=O)oc2cc(OCC(=O)N(Cc3ccccc3)C(C)(C)C)c(Cl)cc12. The zero-order valence-corrected chi connectivity index (χ0v) is 17.7. The van der Waals surface area contributed by atoms with Crippen LogP contribution in [-0.2, 0) is 11.3 Å². The zero-order valence-electron chi connectivity index (χ0n) is 17.0. The smallest absolute Gasteiger partial charge is 0.336 e. The Morgan fingerprint density at radius 2 is 1.83 bits per heavy atom. The summed E-state index contributed by atoms with van der Waals surface area (Å²) in [5.74, 6) is 0.137. The molecule has 0 aliphatic heterocycles. The Bertz CT molecular complexity index is 1080. The van der Waals surface area contributed by atoms with Crippen LogP contribution in [0.15, 0.2) is 57.7 Å². The van der Waals surface area contributed by atoms with Crippen molar-refractivity contribution in [1.82, 2.24) is 4.90 Å². The first kappa shape index (κ1) is 20.9. The van der Waals surface area contributed by atoms with Gasteiger partial charge < -0.3 is 14.1 Å². The fourth-order valence-corrected chi connectivity index (χ4v) is 3.33. The molecule has 3 aromatic rings. The van der Waals surface area contributed by atoms with Crippen LogP contribution in [-0.4, -0.2) is 23.0 Å². The van der Waals surface area contributed by atoms with E-state index >= 15 is 0 Å². The van der Waals surface area contributed by atoms with E-state index < -0.39 is 5.63 Å². The van der Waals surface area contributed by atoms with Crippen LogP contribution in [0.5, 0.6) is 5.75 Å². The van der Waals surface area contributed by atoms with Crippen molar-refractivity contribution in [2.24, 2.45) is 0 Å². The Labute approximate surface area is 174 Å². The van der Waals surface area contributed by atoms with E-state index in [2.05, 4.69) is 0 Å². The van der Waals surface area contributed by atoms with Gasteiger partial charge in [0.15, 0.2) is 6.61 Å². The number of halogens is 1. The molecule has 0 radical (unpaired) electrons. The molecule has 0 fully saturated rings. The lowest BCUT2D eigenvalue weighted by Crippen LogP contribution is -2.47. The molecule has 0 aliphatic carbocycles. The fraction of sp³-hybridized carbons (Fsp3) is 0.304. The minimum Gasteiger partial charge on any atom is -0.482 e. The Kier molecular flexibility index (Phi) is 5.99. The van der Waals surface area contributed by atoms with Crippen LogP contribution in [0.3, 0.4) is 0 Å². The maximum absolute atomic E-state index is 12.9. The van der Waals surface area contributed by atoms with Gasteiger partial charge >= 0.3 is 5.63 Å². The molecule has 0 aliphatic rings. The van der Waals surface area contributed by atoms with Gasteiger partial charge in [-0.1, -0.05) is 41.9 Å². The van der Waals surface area contributed by atoms with Gasteiger partial charge in [0, 0.05) is 29.6 Å². The Morgan fingerprint density at radius 1 is 1.14 bits per heavy atom. The number of benzene rings is 2. The molecule has 152 valence electrons. The highest BCUT2D eigenvalue weighted by atomic mass is 35.5. The van der Waals surface area contributed by atoms with Gasteiger partial charge in [-0.2, -0.15) is 0 Å². The van der Waals surface area contributed by atoms with Crippen molar-refractivity contribution in [2.75, 3.05) is 6.61 Å². The summed E-state index contributed by atoms with van der Waals surface area (Å²) in [7, 11) is 0. The van der Waals surface area contributed by atoms with Crippen molar-refractivity contribution in [3.8, 4) is 5.75 Å². The first-order valence-electron chi connectivity index (χ1n) is 9.36. The third-order valence-corrected chi connectivity index (χ3v) is 4.94. The molecule has 0 unspecified atom stereocenters. The molecule has 0 N–H and O–H groups in total. The quantitative estimate of drug-likeness (QED) is 0.554. The van der Waals surface area contributed by atoms with Crippen LogP contribution in [0.25, 0.3) is 11.0 Å². The predicted octanol–water partition coefficient (Wildman–Crippen LogP) is 4.96. The van der Waals surface area contributed by atoms with Gasteiger partial charge in [0.05, 0.1) is 5.02 Å². The molecule has 1 amide bonds. The molecule has 0 atom stereocenters. The van der Waals surface area contributed by atoms with Crippen molar-refractivity contribution in [1.29, 1.82) is 0 Å². The van der Waals surface area contributed by atoms with Gasteiger partial charge in [-0.3, -0.25) is 4.79 Å². The lowest BCUT2D eigenvalue weighted by Gasteiger charge is -2.35. The highest BCUT2D eigenvalue weighted by Gasteiger charge is 2.27. The molecule has 5 nitrogen and oxygen atoms in total. The van der Waals surface area contributed by atoms with Crippen LogP contribution < -0.4 is 10.4 Å². The second-order valence-corrected chi connectivity index (χ2v) is 8.36. The lowest BCUT2D eigenvalue weighted by molar-refractivity contribution is -0.139. The molecular formula is C23H24ClNO4. The molecule has 29 heavy (non-hydrogen) atoms. The summed E-state index contributed by atoms with van der Waals surface area (Å²) >= 11 is 6.33. The molecule has 0 spiro atoms. The van der Waals surface area contributed by atoms with Gasteiger partial charge in [-0.15, -0.1) is 0 Å². The first-order chi connectivity index (χ1) is 13.6. The summed E-state index contributed by atoms with van der Waals surface area (Å²) in [6.07, 6.45) is 0. The summed E-state index contributed by atoms with van der Waals surface area (Å²) in [6.45, 7) is 8.05. The summed E-state index contributed by atoms with van der Waals surface area (Å²) in [6, 6.07) is 14.4. The second-order valence-electron chi connectivity index (χ2n) is 7.95. The van der Waals surface area contributed by atoms with Crippen molar-refractivity contribution < 1.29 is 13.9 Å². The van der Waals surface area contributed by atoms with E-state index in [1.165, 1.54) is 6.07 Å². The fourth-order valence-electron chi connectivity index (χ4n) is 3.11. The maximum atomic E-state index is 12.9. The number of aryl methyl sites for hydroxylation is 1. The number of fused-ring (bicyclic) bond motifs is 1. The molecule has 3 rings (SSSR count). The first-order valence-corrected chi connectivity index (χ1v) is 9.74. The van der Waals surface area contributed by atoms with Crippen LogP contribution in [0, 0.1) is 6.92 Å². The normalized spacial score (nSPS) is 11.5. The number of hydrogen-bond donors (Lipinski definition) is 0. The van der Waals surface area contributed by atoms with E-state index in [9.17, 15) is 9.59 Å². The summed E-state index contributed by atoms with van der Waals surface area (Å²) < 4.78 is 11.0. The number of hydrogen-bond acceptors (Lipinski definition) is 4. The van der Waals surface area contributed by atoms with Gasteiger partial charge in [-0.05, 0) is 44.9 Å². The highest BCUT2D eigenvalue weighted by molar-refractivity contribution is 6.32. The molecule has 0 bridgehead atoms. The highest BCUT2D eigenvalue weighted by Crippen LogP contribution is 2.31. The minimum atomic E-state index is -0.443. The largest absolute Gasteiger partial charge is 0.482 e. The minimum absolute atomic E-state index is 0.164. The van der Waals surface area contributed by atoms with Crippen molar-refractivity contribution in [3.05, 3.63) is 75.1 Å². The lowest BCUT2D eigenvalue weighted by atomic mass is 10.0. The third kappa shape index (κ3) is 4.98. The van der Waals surface area contributed by atoms with Crippen LogP contribution in [0.2, 0.25) is 5.02 Å². The molecule has 0 saturated heterocycles. The van der Waals surface area contributed by atoms with Crippen molar-refractivity contribution >= 4 is 28.5 Å². The molecule has 2 aromatic carbocycles. The Morgan fingerprint density at radius 3 is 2.48 bits per heavy atom. The van der Waals surface area contributed by atoms with Crippen LogP contribution in [0.4, 0.5) is 0 Å². The second kappa shape index (κ2) is 8.29. The average molecular weight is 414 g/mol. The number of carbonyl (C=O) groups is 1. The van der Waals surface area contributed by atoms with E-state index in [1.54, 1.807) is 17.0 Å². The zero-order chi connectivity index (χ0) is 21.2. The Hall–Kier alpha value is -2.79. The predicted molar refractivity (Wildman–Crippen MR) is 114 cm³/mol. The number of amides is 1. The standard InChI is InChI=1S/C23H24ClNO4/c1-15-10-22(27)29-19-12-20(18(24)11-17(15)19)28-14-21(26)25(23(2,3)4)13-16-8-6-5-7-9-16/h5-12H,13-14H2,1-4H3. The summed E-state index contributed by atoms with van der Waals surface area (Å²) in [5, 5.41) is 1.08. The molecular weight excluding hydrogens is 390 g/mol. The Balaban J connectivity index is 1.80. The van der Waals surface area contributed by atoms with Gasteiger partial charge in [0.2, 0.25) is 0 Å². The number of nitrogens with zero attached hydrogens (tertiary/aromatic N) is 1. The number of rotatable bonds is 5. The average Bonchev–Trinajstić information content (AvgIpc) is 2.65. The van der Waals surface area contributed by atoms with Crippen LogP contribution >= 0.6 is 11.6 Å². The monoisotopic (exact) mass is 413 g/mol.